The fraction of sp³-hybridized carbons (Fsp3) is 0.636. The molecule has 2 heterocycles. The lowest BCUT2D eigenvalue weighted by Crippen LogP contribution is -2.52. The summed E-state index contributed by atoms with van der Waals surface area (Å²) in [6, 6.07) is 1.84. The molecule has 2 aliphatic rings. The maximum Gasteiger partial charge on any atom is 0.275 e. The highest BCUT2D eigenvalue weighted by Gasteiger charge is 2.49. The minimum absolute atomic E-state index is 0.0329. The first kappa shape index (κ1) is 12.7. The summed E-state index contributed by atoms with van der Waals surface area (Å²) < 4.78 is 33.1. The summed E-state index contributed by atoms with van der Waals surface area (Å²) in [4.78, 5) is 0. The molecular formula is C11H15BrN2O3S. The Morgan fingerprint density at radius 1 is 1.50 bits per heavy atom. The van der Waals surface area contributed by atoms with Crippen LogP contribution in [0.1, 0.15) is 25.7 Å². The Labute approximate surface area is 114 Å². The van der Waals surface area contributed by atoms with Crippen LogP contribution in [0, 0.1) is 0 Å². The molecule has 2 N–H and O–H groups in total. The van der Waals surface area contributed by atoms with Gasteiger partial charge in [-0.2, -0.15) is 0 Å². The molecule has 1 aliphatic carbocycles. The van der Waals surface area contributed by atoms with E-state index in [4.69, 9.17) is 4.42 Å². The van der Waals surface area contributed by atoms with Crippen molar-refractivity contribution in [3.8, 4) is 0 Å². The van der Waals surface area contributed by atoms with E-state index < -0.39 is 10.0 Å². The van der Waals surface area contributed by atoms with E-state index in [0.29, 0.717) is 4.47 Å². The summed E-state index contributed by atoms with van der Waals surface area (Å²) in [5.41, 5.74) is -0.328. The van der Waals surface area contributed by atoms with Gasteiger partial charge in [0.25, 0.3) is 10.0 Å². The summed E-state index contributed by atoms with van der Waals surface area (Å²) in [5, 5.41) is 3.34. The molecule has 0 bridgehead atoms. The zero-order chi connectivity index (χ0) is 12.8. The SMILES string of the molecule is O=S(=O)(NC12CCCC1NCC2)c1occc1Br. The van der Waals surface area contributed by atoms with E-state index in [-0.39, 0.29) is 16.7 Å². The zero-order valence-electron chi connectivity index (χ0n) is 9.78. The van der Waals surface area contributed by atoms with Crippen LogP contribution in [-0.2, 0) is 10.0 Å². The molecule has 5 nitrogen and oxygen atoms in total. The van der Waals surface area contributed by atoms with E-state index >= 15 is 0 Å². The summed E-state index contributed by atoms with van der Waals surface area (Å²) in [6.45, 7) is 0.868. The van der Waals surface area contributed by atoms with Gasteiger partial charge in [0.2, 0.25) is 5.09 Å². The van der Waals surface area contributed by atoms with Crippen LogP contribution in [0.25, 0.3) is 0 Å². The molecule has 3 rings (SSSR count). The summed E-state index contributed by atoms with van der Waals surface area (Å²) in [7, 11) is -3.60. The highest BCUT2D eigenvalue weighted by molar-refractivity contribution is 9.10. The van der Waals surface area contributed by atoms with Crippen LogP contribution in [-0.4, -0.2) is 26.5 Å². The molecule has 1 aliphatic heterocycles. The number of rotatable bonds is 3. The van der Waals surface area contributed by atoms with Crippen molar-refractivity contribution in [2.75, 3.05) is 6.54 Å². The lowest BCUT2D eigenvalue weighted by molar-refractivity contribution is 0.365. The highest BCUT2D eigenvalue weighted by Crippen LogP contribution is 2.38. The van der Waals surface area contributed by atoms with Gasteiger partial charge in [-0.1, -0.05) is 0 Å². The summed E-state index contributed by atoms with van der Waals surface area (Å²) in [6.07, 6.45) is 5.19. The first-order valence-electron chi connectivity index (χ1n) is 6.04. The van der Waals surface area contributed by atoms with Gasteiger partial charge in [-0.25, -0.2) is 13.1 Å². The van der Waals surface area contributed by atoms with Gasteiger partial charge in [0.1, 0.15) is 0 Å². The van der Waals surface area contributed by atoms with Gasteiger partial charge < -0.3 is 9.73 Å². The van der Waals surface area contributed by atoms with E-state index in [0.717, 1.165) is 32.2 Å². The third-order valence-electron chi connectivity index (χ3n) is 3.91. The fourth-order valence-electron chi connectivity index (χ4n) is 3.10. The Hall–Kier alpha value is -0.370. The Morgan fingerprint density at radius 3 is 3.06 bits per heavy atom. The Kier molecular flexibility index (Phi) is 3.04. The second kappa shape index (κ2) is 4.33. The van der Waals surface area contributed by atoms with Gasteiger partial charge in [-0.3, -0.25) is 0 Å². The molecule has 18 heavy (non-hydrogen) atoms. The van der Waals surface area contributed by atoms with Crippen LogP contribution in [0.15, 0.2) is 26.3 Å². The molecule has 0 spiro atoms. The van der Waals surface area contributed by atoms with Crippen molar-refractivity contribution in [1.29, 1.82) is 0 Å². The number of fused-ring (bicyclic) bond motifs is 1. The van der Waals surface area contributed by atoms with Gasteiger partial charge in [0, 0.05) is 11.6 Å². The van der Waals surface area contributed by atoms with E-state index in [1.165, 1.54) is 6.26 Å². The normalized spacial score (nSPS) is 31.7. The number of nitrogens with one attached hydrogen (secondary N) is 2. The van der Waals surface area contributed by atoms with E-state index in [1.54, 1.807) is 6.07 Å². The Balaban J connectivity index is 1.91. The maximum atomic E-state index is 12.3. The molecule has 2 unspecified atom stereocenters. The van der Waals surface area contributed by atoms with E-state index in [9.17, 15) is 8.42 Å². The summed E-state index contributed by atoms with van der Waals surface area (Å²) >= 11 is 3.19. The zero-order valence-corrected chi connectivity index (χ0v) is 12.2. The van der Waals surface area contributed by atoms with E-state index in [2.05, 4.69) is 26.0 Å². The molecule has 1 saturated carbocycles. The monoisotopic (exact) mass is 334 g/mol. The van der Waals surface area contributed by atoms with Gasteiger partial charge in [-0.05, 0) is 54.2 Å². The average molecular weight is 335 g/mol. The molecule has 2 atom stereocenters. The lowest BCUT2D eigenvalue weighted by Gasteiger charge is -2.29. The van der Waals surface area contributed by atoms with E-state index in [1.807, 2.05) is 0 Å². The number of halogens is 1. The third kappa shape index (κ3) is 1.93. The Bertz CT molecular complexity index is 544. The smallest absolute Gasteiger partial charge is 0.275 e. The van der Waals surface area contributed by atoms with Gasteiger partial charge >= 0.3 is 0 Å². The molecule has 2 fully saturated rings. The first-order valence-corrected chi connectivity index (χ1v) is 8.31. The topological polar surface area (TPSA) is 71.3 Å². The van der Waals surface area contributed by atoms with Crippen LogP contribution >= 0.6 is 15.9 Å². The van der Waals surface area contributed by atoms with Gasteiger partial charge in [0.15, 0.2) is 0 Å². The predicted octanol–water partition coefficient (Wildman–Crippen LogP) is 1.60. The minimum atomic E-state index is -3.60. The van der Waals surface area contributed by atoms with Crippen LogP contribution in [0.2, 0.25) is 0 Å². The van der Waals surface area contributed by atoms with Crippen molar-refractivity contribution in [2.24, 2.45) is 0 Å². The molecule has 1 aromatic rings. The van der Waals surface area contributed by atoms with Crippen molar-refractivity contribution in [2.45, 2.75) is 42.4 Å². The average Bonchev–Trinajstić information content (AvgIpc) is 2.91. The molecule has 100 valence electrons. The third-order valence-corrected chi connectivity index (χ3v) is 6.28. The van der Waals surface area contributed by atoms with Crippen LogP contribution in [0.3, 0.4) is 0 Å². The largest absolute Gasteiger partial charge is 0.451 e. The second-order valence-corrected chi connectivity index (χ2v) is 7.40. The molecule has 0 aromatic carbocycles. The van der Waals surface area contributed by atoms with Crippen LogP contribution < -0.4 is 10.0 Å². The van der Waals surface area contributed by atoms with Crippen LogP contribution in [0.5, 0.6) is 0 Å². The number of hydrogen-bond donors (Lipinski definition) is 2. The molecular weight excluding hydrogens is 320 g/mol. The maximum absolute atomic E-state index is 12.3. The van der Waals surface area contributed by atoms with Crippen LogP contribution in [0.4, 0.5) is 0 Å². The molecule has 0 amide bonds. The quantitative estimate of drug-likeness (QED) is 0.880. The van der Waals surface area contributed by atoms with Crippen molar-refractivity contribution < 1.29 is 12.8 Å². The minimum Gasteiger partial charge on any atom is -0.451 e. The van der Waals surface area contributed by atoms with Crippen molar-refractivity contribution >= 4 is 26.0 Å². The lowest BCUT2D eigenvalue weighted by atomic mass is 9.95. The number of furan rings is 1. The van der Waals surface area contributed by atoms with Crippen molar-refractivity contribution in [1.82, 2.24) is 10.0 Å². The molecule has 7 heteroatoms. The molecule has 1 saturated heterocycles. The molecule has 1 aromatic heterocycles. The standard InChI is InChI=1S/C11H15BrN2O3S/c12-8-3-7-17-10(8)18(15,16)14-11-4-1-2-9(11)13-6-5-11/h3,7,9,13-14H,1-2,4-6H2. The fourth-order valence-corrected chi connectivity index (χ4v) is 5.42. The van der Waals surface area contributed by atoms with Gasteiger partial charge in [0.05, 0.1) is 10.7 Å². The molecule has 0 radical (unpaired) electrons. The number of sulfonamides is 1. The van der Waals surface area contributed by atoms with Crippen molar-refractivity contribution in [3.63, 3.8) is 0 Å². The summed E-state index contributed by atoms with van der Waals surface area (Å²) in [5.74, 6) is 0. The highest BCUT2D eigenvalue weighted by atomic mass is 79.9. The first-order chi connectivity index (χ1) is 8.54. The Morgan fingerprint density at radius 2 is 2.33 bits per heavy atom. The number of hydrogen-bond acceptors (Lipinski definition) is 4. The van der Waals surface area contributed by atoms with Gasteiger partial charge in [-0.15, -0.1) is 0 Å². The predicted molar refractivity (Wildman–Crippen MR) is 69.7 cm³/mol. The second-order valence-electron chi connectivity index (χ2n) is 4.97. The van der Waals surface area contributed by atoms with Crippen molar-refractivity contribution in [3.05, 3.63) is 16.8 Å².